The second kappa shape index (κ2) is 6.76. The van der Waals surface area contributed by atoms with Gasteiger partial charge in [-0.05, 0) is 19.1 Å². The van der Waals surface area contributed by atoms with Gasteiger partial charge in [0.05, 0.1) is 23.2 Å². The number of H-pyrrole nitrogens is 1. The van der Waals surface area contributed by atoms with Gasteiger partial charge in [0.25, 0.3) is 5.91 Å². The Kier molecular flexibility index (Phi) is 4.31. The Morgan fingerprint density at radius 1 is 1.40 bits per heavy atom. The van der Waals surface area contributed by atoms with Gasteiger partial charge in [-0.3, -0.25) is 9.89 Å². The fourth-order valence-electron chi connectivity index (χ4n) is 2.97. The van der Waals surface area contributed by atoms with Crippen LogP contribution in [0.15, 0.2) is 45.9 Å². The lowest BCUT2D eigenvalue weighted by Gasteiger charge is -2.27. The molecule has 3 aromatic rings. The standard InChI is InChI=1S/C18H18N4O2S/c1-12-8-14(24-21-12)11-25-17-5-3-2-4-15(17)18(23)22-7-6-16-13(10-22)9-19-20-16/h2-5,8-9H,6-7,10-11H2,1H3,(H,19,20). The lowest BCUT2D eigenvalue weighted by molar-refractivity contribution is 0.0731. The Hall–Kier alpha value is -2.54. The molecule has 0 spiro atoms. The van der Waals surface area contributed by atoms with E-state index >= 15 is 0 Å². The topological polar surface area (TPSA) is 75.0 Å². The average molecular weight is 354 g/mol. The maximum Gasteiger partial charge on any atom is 0.255 e. The molecule has 0 bridgehead atoms. The molecule has 0 saturated heterocycles. The summed E-state index contributed by atoms with van der Waals surface area (Å²) in [5.41, 5.74) is 3.83. The van der Waals surface area contributed by atoms with Crippen molar-refractivity contribution in [1.29, 1.82) is 0 Å². The zero-order valence-electron chi connectivity index (χ0n) is 13.9. The fraction of sp³-hybridized carbons (Fsp3) is 0.278. The molecule has 7 heteroatoms. The predicted molar refractivity (Wildman–Crippen MR) is 94.3 cm³/mol. The van der Waals surface area contributed by atoms with Crippen molar-refractivity contribution in [2.24, 2.45) is 0 Å². The zero-order chi connectivity index (χ0) is 17.2. The Balaban J connectivity index is 1.51. The van der Waals surface area contributed by atoms with Crippen molar-refractivity contribution in [2.75, 3.05) is 6.54 Å². The van der Waals surface area contributed by atoms with Crippen molar-refractivity contribution in [1.82, 2.24) is 20.3 Å². The van der Waals surface area contributed by atoms with Gasteiger partial charge in [0, 0.05) is 41.7 Å². The third-order valence-electron chi connectivity index (χ3n) is 4.25. The van der Waals surface area contributed by atoms with Crippen molar-refractivity contribution >= 4 is 17.7 Å². The van der Waals surface area contributed by atoms with E-state index in [2.05, 4.69) is 15.4 Å². The summed E-state index contributed by atoms with van der Waals surface area (Å²) in [6.45, 7) is 3.20. The third kappa shape index (κ3) is 3.32. The molecule has 1 aromatic carbocycles. The first-order chi connectivity index (χ1) is 12.2. The van der Waals surface area contributed by atoms with Crippen molar-refractivity contribution < 1.29 is 9.32 Å². The Bertz CT molecular complexity index is 902. The molecule has 0 saturated carbocycles. The molecule has 0 aliphatic carbocycles. The van der Waals surface area contributed by atoms with Crippen LogP contribution in [0.4, 0.5) is 0 Å². The molecule has 1 amide bonds. The summed E-state index contributed by atoms with van der Waals surface area (Å²) >= 11 is 1.59. The van der Waals surface area contributed by atoms with Gasteiger partial charge in [-0.1, -0.05) is 17.3 Å². The molecular formula is C18H18N4O2S. The number of aromatic nitrogens is 3. The highest BCUT2D eigenvalue weighted by molar-refractivity contribution is 7.98. The third-order valence-corrected chi connectivity index (χ3v) is 5.35. The van der Waals surface area contributed by atoms with E-state index in [0.29, 0.717) is 18.8 Å². The van der Waals surface area contributed by atoms with Crippen molar-refractivity contribution in [3.63, 3.8) is 0 Å². The highest BCUT2D eigenvalue weighted by Crippen LogP contribution is 2.28. The van der Waals surface area contributed by atoms with Gasteiger partial charge in [-0.15, -0.1) is 11.8 Å². The van der Waals surface area contributed by atoms with E-state index in [9.17, 15) is 4.79 Å². The molecular weight excluding hydrogens is 336 g/mol. The maximum atomic E-state index is 13.0. The average Bonchev–Trinajstić information content (AvgIpc) is 3.27. The molecule has 128 valence electrons. The first-order valence-corrected chi connectivity index (χ1v) is 9.13. The Morgan fingerprint density at radius 2 is 2.28 bits per heavy atom. The number of carbonyl (C=O) groups is 1. The first kappa shape index (κ1) is 16.0. The minimum absolute atomic E-state index is 0.0590. The number of rotatable bonds is 4. The van der Waals surface area contributed by atoms with E-state index in [1.54, 1.807) is 11.8 Å². The van der Waals surface area contributed by atoms with E-state index in [4.69, 9.17) is 4.52 Å². The van der Waals surface area contributed by atoms with Gasteiger partial charge < -0.3 is 9.42 Å². The van der Waals surface area contributed by atoms with E-state index in [-0.39, 0.29) is 5.91 Å². The van der Waals surface area contributed by atoms with Crippen LogP contribution < -0.4 is 0 Å². The van der Waals surface area contributed by atoms with Gasteiger partial charge in [0.1, 0.15) is 5.76 Å². The van der Waals surface area contributed by atoms with Gasteiger partial charge in [-0.25, -0.2) is 0 Å². The summed E-state index contributed by atoms with van der Waals surface area (Å²) in [5, 5.41) is 11.0. The number of nitrogens with one attached hydrogen (secondary N) is 1. The lowest BCUT2D eigenvalue weighted by atomic mass is 10.1. The Morgan fingerprint density at radius 3 is 3.12 bits per heavy atom. The van der Waals surface area contributed by atoms with Gasteiger partial charge in [0.2, 0.25) is 0 Å². The largest absolute Gasteiger partial charge is 0.360 e. The van der Waals surface area contributed by atoms with Crippen molar-refractivity contribution in [3.8, 4) is 0 Å². The summed E-state index contributed by atoms with van der Waals surface area (Å²) in [7, 11) is 0. The molecule has 0 atom stereocenters. The molecule has 0 fully saturated rings. The summed E-state index contributed by atoms with van der Waals surface area (Å²) in [6, 6.07) is 9.65. The van der Waals surface area contributed by atoms with Crippen LogP contribution in [0.1, 0.15) is 33.1 Å². The molecule has 6 nitrogen and oxygen atoms in total. The SMILES string of the molecule is Cc1cc(CSc2ccccc2C(=O)N2CCc3[nH]ncc3C2)on1. The second-order valence-corrected chi connectivity index (χ2v) is 7.09. The van der Waals surface area contributed by atoms with E-state index in [0.717, 1.165) is 39.6 Å². The van der Waals surface area contributed by atoms with Gasteiger partial charge >= 0.3 is 0 Å². The van der Waals surface area contributed by atoms with Crippen LogP contribution in [0.3, 0.4) is 0 Å². The maximum absolute atomic E-state index is 13.0. The number of carbonyl (C=O) groups excluding carboxylic acids is 1. The monoisotopic (exact) mass is 354 g/mol. The fourth-order valence-corrected chi connectivity index (χ4v) is 3.89. The molecule has 1 aliphatic rings. The van der Waals surface area contributed by atoms with Gasteiger partial charge in [-0.2, -0.15) is 5.10 Å². The number of benzene rings is 1. The number of hydrogen-bond donors (Lipinski definition) is 1. The minimum atomic E-state index is 0.0590. The molecule has 0 unspecified atom stereocenters. The first-order valence-electron chi connectivity index (χ1n) is 8.15. The van der Waals surface area contributed by atoms with E-state index < -0.39 is 0 Å². The molecule has 1 aliphatic heterocycles. The predicted octanol–water partition coefficient (Wildman–Crippen LogP) is 3.20. The lowest BCUT2D eigenvalue weighted by Crippen LogP contribution is -2.36. The van der Waals surface area contributed by atoms with Crippen LogP contribution in [-0.2, 0) is 18.7 Å². The summed E-state index contributed by atoms with van der Waals surface area (Å²) in [6.07, 6.45) is 2.62. The van der Waals surface area contributed by atoms with Crippen LogP contribution >= 0.6 is 11.8 Å². The minimum Gasteiger partial charge on any atom is -0.360 e. The quantitative estimate of drug-likeness (QED) is 0.728. The second-order valence-electron chi connectivity index (χ2n) is 6.07. The molecule has 3 heterocycles. The summed E-state index contributed by atoms with van der Waals surface area (Å²) < 4.78 is 5.26. The molecule has 2 aromatic heterocycles. The number of nitrogens with zero attached hydrogens (tertiary/aromatic N) is 3. The zero-order valence-corrected chi connectivity index (χ0v) is 14.7. The van der Waals surface area contributed by atoms with Crippen LogP contribution in [0.25, 0.3) is 0 Å². The number of amides is 1. The molecule has 1 N–H and O–H groups in total. The normalized spacial score (nSPS) is 13.7. The van der Waals surface area contributed by atoms with E-state index in [1.807, 2.05) is 48.4 Å². The number of aryl methyl sites for hydroxylation is 1. The highest BCUT2D eigenvalue weighted by Gasteiger charge is 2.24. The number of hydrogen-bond acceptors (Lipinski definition) is 5. The molecule has 25 heavy (non-hydrogen) atoms. The molecule has 4 rings (SSSR count). The smallest absolute Gasteiger partial charge is 0.255 e. The molecule has 0 radical (unpaired) electrons. The van der Waals surface area contributed by atoms with Crippen LogP contribution in [0, 0.1) is 6.92 Å². The van der Waals surface area contributed by atoms with E-state index in [1.165, 1.54) is 0 Å². The van der Waals surface area contributed by atoms with Crippen LogP contribution in [0.5, 0.6) is 0 Å². The Labute approximate surface area is 149 Å². The van der Waals surface area contributed by atoms with Crippen LogP contribution in [0.2, 0.25) is 0 Å². The summed E-state index contributed by atoms with van der Waals surface area (Å²) in [4.78, 5) is 15.9. The van der Waals surface area contributed by atoms with Crippen LogP contribution in [-0.4, -0.2) is 32.7 Å². The van der Waals surface area contributed by atoms with Crippen molar-refractivity contribution in [3.05, 3.63) is 64.8 Å². The number of aromatic amines is 1. The number of fused-ring (bicyclic) bond motifs is 1. The summed E-state index contributed by atoms with van der Waals surface area (Å²) in [5.74, 6) is 1.52. The van der Waals surface area contributed by atoms with Gasteiger partial charge in [0.15, 0.2) is 0 Å². The highest BCUT2D eigenvalue weighted by atomic mass is 32.2. The number of thioether (sulfide) groups is 1. The van der Waals surface area contributed by atoms with Crippen molar-refractivity contribution in [2.45, 2.75) is 30.5 Å².